The van der Waals surface area contributed by atoms with Gasteiger partial charge in [-0.2, -0.15) is 0 Å². The van der Waals surface area contributed by atoms with Crippen LogP contribution in [0.2, 0.25) is 0 Å². The number of carbonyl (C=O) groups is 1. The van der Waals surface area contributed by atoms with Crippen LogP contribution in [0.15, 0.2) is 18.2 Å². The van der Waals surface area contributed by atoms with Gasteiger partial charge in [0, 0.05) is 13.1 Å². The Labute approximate surface area is 91.3 Å². The molecule has 2 rings (SSSR count). The number of benzene rings is 1. The molecular weight excluding hydrogens is 216 g/mol. The third-order valence-corrected chi connectivity index (χ3v) is 2.55. The van der Waals surface area contributed by atoms with Crippen molar-refractivity contribution >= 4 is 5.91 Å². The summed E-state index contributed by atoms with van der Waals surface area (Å²) >= 11 is 0. The molecule has 1 amide bonds. The number of hydrogen-bond donors (Lipinski definition) is 1. The molecular formula is C11H11F2NO2. The zero-order chi connectivity index (χ0) is 11.7. The largest absolute Gasteiger partial charge is 0.389 e. The summed E-state index contributed by atoms with van der Waals surface area (Å²) in [4.78, 5) is 13.0. The number of rotatable bonds is 2. The van der Waals surface area contributed by atoms with E-state index >= 15 is 0 Å². The third-order valence-electron chi connectivity index (χ3n) is 2.55. The lowest BCUT2D eigenvalue weighted by Crippen LogP contribution is -2.53. The first kappa shape index (κ1) is 11.0. The summed E-state index contributed by atoms with van der Waals surface area (Å²) in [6.45, 7) is 0.644. The van der Waals surface area contributed by atoms with Gasteiger partial charge in [0.15, 0.2) is 11.6 Å². The molecule has 0 radical (unpaired) electrons. The summed E-state index contributed by atoms with van der Waals surface area (Å²) in [5.74, 6) is -2.05. The first-order chi connectivity index (χ1) is 7.56. The predicted molar refractivity (Wildman–Crippen MR) is 52.6 cm³/mol. The maximum Gasteiger partial charge on any atom is 0.227 e. The number of halogens is 2. The number of β-amino-alcohol motifs (C(OH)–C–C–N with tert-alkyl or cyclic N) is 1. The van der Waals surface area contributed by atoms with Gasteiger partial charge >= 0.3 is 0 Å². The van der Waals surface area contributed by atoms with E-state index in [1.165, 1.54) is 11.0 Å². The molecule has 1 aliphatic heterocycles. The number of amides is 1. The van der Waals surface area contributed by atoms with Crippen LogP contribution in [0.25, 0.3) is 0 Å². The Morgan fingerprint density at radius 2 is 2.06 bits per heavy atom. The average Bonchev–Trinajstić information content (AvgIpc) is 2.19. The van der Waals surface area contributed by atoms with Gasteiger partial charge in [0.05, 0.1) is 12.5 Å². The minimum atomic E-state index is -0.950. The smallest absolute Gasteiger partial charge is 0.227 e. The average molecular weight is 227 g/mol. The zero-order valence-electron chi connectivity index (χ0n) is 8.49. The van der Waals surface area contributed by atoms with Crippen molar-refractivity contribution in [1.29, 1.82) is 0 Å². The van der Waals surface area contributed by atoms with Gasteiger partial charge in [0.1, 0.15) is 0 Å². The molecule has 0 aromatic heterocycles. The van der Waals surface area contributed by atoms with E-state index in [2.05, 4.69) is 0 Å². The van der Waals surface area contributed by atoms with Crippen LogP contribution in [0.5, 0.6) is 0 Å². The van der Waals surface area contributed by atoms with E-state index in [9.17, 15) is 13.6 Å². The fraction of sp³-hybridized carbons (Fsp3) is 0.364. The molecule has 1 aliphatic rings. The summed E-state index contributed by atoms with van der Waals surface area (Å²) in [5.41, 5.74) is 0.435. The fourth-order valence-corrected chi connectivity index (χ4v) is 1.59. The van der Waals surface area contributed by atoms with Crippen LogP contribution in [0.4, 0.5) is 8.78 Å². The van der Waals surface area contributed by atoms with E-state index in [0.29, 0.717) is 18.7 Å². The van der Waals surface area contributed by atoms with Gasteiger partial charge in [-0.15, -0.1) is 0 Å². The maximum absolute atomic E-state index is 12.8. The Balaban J connectivity index is 1.98. The standard InChI is InChI=1S/C11H11F2NO2/c12-9-2-1-7(3-10(9)13)4-11(16)14-5-8(15)6-14/h1-3,8,15H,4-6H2. The van der Waals surface area contributed by atoms with Crippen LogP contribution in [-0.4, -0.2) is 35.1 Å². The molecule has 0 atom stereocenters. The number of aliphatic hydroxyl groups is 1. The number of hydrogen-bond acceptors (Lipinski definition) is 2. The Morgan fingerprint density at radius 1 is 1.38 bits per heavy atom. The van der Waals surface area contributed by atoms with E-state index in [-0.39, 0.29) is 12.3 Å². The minimum Gasteiger partial charge on any atom is -0.389 e. The van der Waals surface area contributed by atoms with Gasteiger partial charge in [0.25, 0.3) is 0 Å². The maximum atomic E-state index is 12.8. The van der Waals surface area contributed by atoms with Gasteiger partial charge in [0.2, 0.25) is 5.91 Å². The lowest BCUT2D eigenvalue weighted by atomic mass is 10.1. The van der Waals surface area contributed by atoms with Gasteiger partial charge in [-0.1, -0.05) is 6.07 Å². The zero-order valence-corrected chi connectivity index (χ0v) is 8.49. The van der Waals surface area contributed by atoms with Gasteiger partial charge in [-0.05, 0) is 17.7 Å². The molecule has 0 saturated carbocycles. The molecule has 5 heteroatoms. The highest BCUT2D eigenvalue weighted by Crippen LogP contribution is 2.13. The first-order valence-corrected chi connectivity index (χ1v) is 4.96. The van der Waals surface area contributed by atoms with Crippen molar-refractivity contribution in [3.63, 3.8) is 0 Å². The highest BCUT2D eigenvalue weighted by Gasteiger charge is 2.28. The SMILES string of the molecule is O=C(Cc1ccc(F)c(F)c1)N1CC(O)C1. The Bertz CT molecular complexity index is 416. The van der Waals surface area contributed by atoms with Gasteiger partial charge in [-0.3, -0.25) is 4.79 Å². The fourth-order valence-electron chi connectivity index (χ4n) is 1.59. The first-order valence-electron chi connectivity index (χ1n) is 4.96. The van der Waals surface area contributed by atoms with Crippen molar-refractivity contribution in [1.82, 2.24) is 4.90 Å². The quantitative estimate of drug-likeness (QED) is 0.808. The van der Waals surface area contributed by atoms with Crippen molar-refractivity contribution in [2.45, 2.75) is 12.5 Å². The predicted octanol–water partition coefficient (Wildman–Crippen LogP) is 0.710. The molecule has 1 saturated heterocycles. The topological polar surface area (TPSA) is 40.5 Å². The number of carbonyl (C=O) groups excluding carboxylic acids is 1. The molecule has 16 heavy (non-hydrogen) atoms. The monoisotopic (exact) mass is 227 g/mol. The summed E-state index contributed by atoms with van der Waals surface area (Å²) in [6.07, 6.45) is -0.418. The van der Waals surface area contributed by atoms with Crippen LogP contribution < -0.4 is 0 Å². The lowest BCUT2D eigenvalue weighted by molar-refractivity contribution is -0.140. The van der Waals surface area contributed by atoms with Crippen molar-refractivity contribution in [3.8, 4) is 0 Å². The third kappa shape index (κ3) is 2.19. The second-order valence-electron chi connectivity index (χ2n) is 3.88. The molecule has 0 aliphatic carbocycles. The van der Waals surface area contributed by atoms with Crippen LogP contribution in [-0.2, 0) is 11.2 Å². The molecule has 0 bridgehead atoms. The van der Waals surface area contributed by atoms with Crippen molar-refractivity contribution < 1.29 is 18.7 Å². The van der Waals surface area contributed by atoms with E-state index in [1.807, 2.05) is 0 Å². The summed E-state index contributed by atoms with van der Waals surface area (Å²) in [7, 11) is 0. The van der Waals surface area contributed by atoms with E-state index in [4.69, 9.17) is 5.11 Å². The van der Waals surface area contributed by atoms with Crippen molar-refractivity contribution in [3.05, 3.63) is 35.4 Å². The van der Waals surface area contributed by atoms with Gasteiger partial charge < -0.3 is 10.0 Å². The summed E-state index contributed by atoms with van der Waals surface area (Å²) < 4.78 is 25.5. The molecule has 0 unspecified atom stereocenters. The summed E-state index contributed by atoms with van der Waals surface area (Å²) in [6, 6.07) is 3.40. The van der Waals surface area contributed by atoms with Crippen LogP contribution in [0.1, 0.15) is 5.56 Å². The van der Waals surface area contributed by atoms with Crippen LogP contribution in [0.3, 0.4) is 0 Å². The van der Waals surface area contributed by atoms with Crippen LogP contribution in [0, 0.1) is 11.6 Å². The number of aliphatic hydroxyl groups excluding tert-OH is 1. The minimum absolute atomic E-state index is 0.0317. The Kier molecular flexibility index (Phi) is 2.87. The van der Waals surface area contributed by atoms with Crippen molar-refractivity contribution in [2.24, 2.45) is 0 Å². The molecule has 1 aromatic carbocycles. The lowest BCUT2D eigenvalue weighted by Gasteiger charge is -2.35. The molecule has 86 valence electrons. The Morgan fingerprint density at radius 3 is 2.62 bits per heavy atom. The van der Waals surface area contributed by atoms with E-state index in [1.54, 1.807) is 0 Å². The molecule has 0 spiro atoms. The second kappa shape index (κ2) is 4.17. The summed E-state index contributed by atoms with van der Waals surface area (Å²) in [5, 5.41) is 9.01. The second-order valence-corrected chi connectivity index (χ2v) is 3.88. The number of likely N-dealkylation sites (tertiary alicyclic amines) is 1. The highest BCUT2D eigenvalue weighted by atomic mass is 19.2. The molecule has 1 N–H and O–H groups in total. The Hall–Kier alpha value is -1.49. The van der Waals surface area contributed by atoms with Gasteiger partial charge in [-0.25, -0.2) is 8.78 Å². The molecule has 1 heterocycles. The molecule has 1 fully saturated rings. The van der Waals surface area contributed by atoms with E-state index in [0.717, 1.165) is 12.1 Å². The normalized spacial score (nSPS) is 16.1. The number of nitrogens with zero attached hydrogens (tertiary/aromatic N) is 1. The van der Waals surface area contributed by atoms with Crippen molar-refractivity contribution in [2.75, 3.05) is 13.1 Å². The molecule has 3 nitrogen and oxygen atoms in total. The van der Waals surface area contributed by atoms with Crippen LogP contribution >= 0.6 is 0 Å². The molecule has 1 aromatic rings. The van der Waals surface area contributed by atoms with E-state index < -0.39 is 17.7 Å². The highest BCUT2D eigenvalue weighted by molar-refractivity contribution is 5.79.